The number of hydrogen-bond donors (Lipinski definition) is 0. The highest BCUT2D eigenvalue weighted by Gasteiger charge is 2.60. The molecule has 0 aromatic heterocycles. The maximum absolute atomic E-state index is 13.8. The van der Waals surface area contributed by atoms with Crippen molar-refractivity contribution in [2.45, 2.75) is 148 Å². The van der Waals surface area contributed by atoms with Crippen LogP contribution in [-0.2, 0) is 55.8 Å². The second-order valence-corrected chi connectivity index (χ2v) is 20.0. The summed E-state index contributed by atoms with van der Waals surface area (Å²) in [6.45, 7) is 13.5. The third-order valence-corrected chi connectivity index (χ3v) is 15.6. The fourth-order valence-electron chi connectivity index (χ4n) is 11.8. The number of rotatable bonds is 28. The van der Waals surface area contributed by atoms with E-state index >= 15 is 0 Å². The zero-order chi connectivity index (χ0) is 48.4. The molecule has 0 amide bonds. The number of ether oxygens (including phenoxy) is 6. The Morgan fingerprint density at radius 3 is 1.72 bits per heavy atom. The second-order valence-electron chi connectivity index (χ2n) is 20.0. The predicted octanol–water partition coefficient (Wildman–Crippen LogP) is 11.2. The highest BCUT2D eigenvalue weighted by Crippen LogP contribution is 2.66. The van der Waals surface area contributed by atoms with Gasteiger partial charge in [-0.05, 0) is 173 Å². The third kappa shape index (κ3) is 14.7. The molecule has 0 saturated heterocycles. The van der Waals surface area contributed by atoms with E-state index in [1.165, 1.54) is 17.7 Å². The van der Waals surface area contributed by atoms with Gasteiger partial charge in [-0.2, -0.15) is 0 Å². The smallest absolute Gasteiger partial charge is 0.330 e. The van der Waals surface area contributed by atoms with Gasteiger partial charge in [0, 0.05) is 37.3 Å². The van der Waals surface area contributed by atoms with Crippen LogP contribution in [0, 0.1) is 34.5 Å². The molecule has 11 heteroatoms. The quantitative estimate of drug-likeness (QED) is 0.0265. The maximum Gasteiger partial charge on any atom is 0.330 e. The number of esters is 4. The predicted molar refractivity (Wildman–Crippen MR) is 261 cm³/mol. The van der Waals surface area contributed by atoms with E-state index in [0.717, 1.165) is 125 Å². The SMILES string of the molecule is C=CC(=O)OCCCCCCOc1ccc(CCC(=O)OCC(=O)[C@H]2CC[C@H]3[C@@H]4CC=C5C[C@@H](OC(=O)CCc6ccc(OCCCCCCOC(=O)C=C)cc6)CC[C@]5(C)[C@H]4CC[C@]23C)cc1. The molecule has 11 nitrogen and oxygen atoms in total. The lowest BCUT2D eigenvalue weighted by Crippen LogP contribution is -2.51. The molecule has 0 heterocycles. The Kier molecular flexibility index (Phi) is 19.9. The Labute approximate surface area is 404 Å². The number of benzene rings is 2. The molecule has 0 spiro atoms. The summed E-state index contributed by atoms with van der Waals surface area (Å²) in [6, 6.07) is 15.7. The van der Waals surface area contributed by atoms with Gasteiger partial charge in [-0.15, -0.1) is 0 Å². The van der Waals surface area contributed by atoms with Crippen molar-refractivity contribution >= 4 is 29.7 Å². The summed E-state index contributed by atoms with van der Waals surface area (Å²) in [5.74, 6) is 1.84. The Morgan fingerprint density at radius 1 is 0.618 bits per heavy atom. The Balaban J connectivity index is 0.860. The molecule has 0 bridgehead atoms. The van der Waals surface area contributed by atoms with Crippen molar-refractivity contribution < 1.29 is 52.4 Å². The van der Waals surface area contributed by atoms with Crippen molar-refractivity contribution in [1.29, 1.82) is 0 Å². The Morgan fingerprint density at radius 2 is 1.16 bits per heavy atom. The minimum atomic E-state index is -0.387. The van der Waals surface area contributed by atoms with Crippen LogP contribution in [0.3, 0.4) is 0 Å². The van der Waals surface area contributed by atoms with E-state index in [2.05, 4.69) is 33.1 Å². The van der Waals surface area contributed by atoms with E-state index in [4.69, 9.17) is 28.4 Å². The van der Waals surface area contributed by atoms with Gasteiger partial charge >= 0.3 is 23.9 Å². The van der Waals surface area contributed by atoms with Crippen molar-refractivity contribution in [1.82, 2.24) is 0 Å². The lowest BCUT2D eigenvalue weighted by Gasteiger charge is -2.58. The van der Waals surface area contributed by atoms with Crippen LogP contribution in [0.2, 0.25) is 0 Å². The molecular formula is C57H76O11. The number of unbranched alkanes of at least 4 members (excludes halogenated alkanes) is 6. The average Bonchev–Trinajstić information content (AvgIpc) is 3.71. The van der Waals surface area contributed by atoms with E-state index in [-0.39, 0.29) is 65.5 Å². The molecule has 4 aliphatic rings. The van der Waals surface area contributed by atoms with Crippen LogP contribution in [0.4, 0.5) is 0 Å². The van der Waals surface area contributed by atoms with E-state index in [0.29, 0.717) is 63.4 Å². The van der Waals surface area contributed by atoms with Crippen LogP contribution in [0.25, 0.3) is 0 Å². The lowest BCUT2D eigenvalue weighted by atomic mass is 9.47. The van der Waals surface area contributed by atoms with Gasteiger partial charge in [0.05, 0.1) is 26.4 Å². The first kappa shape index (κ1) is 52.2. The standard InChI is InChI=1S/C57H76O11/c1-5-52(59)65-37-13-9-7-11-35-63-44-22-15-41(16-23-44)19-29-54(61)67-40-51(58)50-28-27-48-47-26-21-43-39-46(31-33-56(43,3)49(47)32-34-57(48,50)4)68-55(62)30-20-42-17-24-45(25-18-42)64-36-12-8-10-14-38-66-53(60)6-2/h5-6,15-18,21-25,46-50H,1-2,7-14,19-20,26-40H2,3-4H3/t46-,47-,48-,49-,50+,56-,57-/m0/s1. The van der Waals surface area contributed by atoms with Gasteiger partial charge in [0.1, 0.15) is 24.2 Å². The van der Waals surface area contributed by atoms with Crippen molar-refractivity contribution in [2.75, 3.05) is 33.0 Å². The van der Waals surface area contributed by atoms with Gasteiger partial charge in [-0.3, -0.25) is 14.4 Å². The molecule has 370 valence electrons. The number of fused-ring (bicyclic) bond motifs is 5. The monoisotopic (exact) mass is 937 g/mol. The number of carbonyl (C=O) groups is 5. The zero-order valence-electron chi connectivity index (χ0n) is 40.8. The van der Waals surface area contributed by atoms with E-state index in [1.807, 2.05) is 48.5 Å². The highest BCUT2D eigenvalue weighted by molar-refractivity contribution is 5.85. The number of aryl methyl sites for hydroxylation is 2. The molecule has 3 fully saturated rings. The normalized spacial score (nSPS) is 24.7. The fourth-order valence-corrected chi connectivity index (χ4v) is 11.8. The topological polar surface area (TPSA) is 141 Å². The van der Waals surface area contributed by atoms with Crippen LogP contribution in [0.15, 0.2) is 85.5 Å². The van der Waals surface area contributed by atoms with Gasteiger partial charge in [0.25, 0.3) is 0 Å². The molecular weight excluding hydrogens is 861 g/mol. The van der Waals surface area contributed by atoms with Gasteiger partial charge in [-0.1, -0.05) is 62.9 Å². The van der Waals surface area contributed by atoms with Gasteiger partial charge in [0.15, 0.2) is 5.78 Å². The molecule has 3 saturated carbocycles. The Hall–Kier alpha value is -5.19. The fraction of sp³-hybridized carbons (Fsp3) is 0.596. The molecule has 7 atom stereocenters. The molecule has 4 aliphatic carbocycles. The number of ketones is 1. The van der Waals surface area contributed by atoms with Crippen molar-refractivity contribution in [2.24, 2.45) is 34.5 Å². The summed E-state index contributed by atoms with van der Waals surface area (Å²) in [5, 5.41) is 0. The average molecular weight is 937 g/mol. The molecule has 0 N–H and O–H groups in total. The molecule has 0 unspecified atom stereocenters. The van der Waals surface area contributed by atoms with Crippen molar-refractivity contribution in [3.63, 3.8) is 0 Å². The van der Waals surface area contributed by atoms with Gasteiger partial charge in [0.2, 0.25) is 0 Å². The minimum absolute atomic E-state index is 0.0626. The van der Waals surface area contributed by atoms with Crippen LogP contribution >= 0.6 is 0 Å². The zero-order valence-corrected chi connectivity index (χ0v) is 40.8. The van der Waals surface area contributed by atoms with Crippen LogP contribution in [0.5, 0.6) is 11.5 Å². The molecule has 2 aromatic carbocycles. The highest BCUT2D eigenvalue weighted by atomic mass is 16.5. The summed E-state index contributed by atoms with van der Waals surface area (Å²) in [7, 11) is 0. The molecule has 68 heavy (non-hydrogen) atoms. The van der Waals surface area contributed by atoms with E-state index in [1.54, 1.807) is 0 Å². The summed E-state index contributed by atoms with van der Waals surface area (Å²) >= 11 is 0. The summed E-state index contributed by atoms with van der Waals surface area (Å²) in [6.07, 6.45) is 21.5. The maximum atomic E-state index is 13.8. The number of carbonyl (C=O) groups excluding carboxylic acids is 5. The molecule has 0 radical (unpaired) electrons. The lowest BCUT2D eigenvalue weighted by molar-refractivity contribution is -0.152. The largest absolute Gasteiger partial charge is 0.494 e. The van der Waals surface area contributed by atoms with Crippen molar-refractivity contribution in [3.05, 3.63) is 96.6 Å². The van der Waals surface area contributed by atoms with Crippen molar-refractivity contribution in [3.8, 4) is 11.5 Å². The summed E-state index contributed by atoms with van der Waals surface area (Å²) in [4.78, 5) is 61.9. The minimum Gasteiger partial charge on any atom is -0.494 e. The number of allylic oxidation sites excluding steroid dienone is 1. The van der Waals surface area contributed by atoms with E-state index < -0.39 is 0 Å². The summed E-state index contributed by atoms with van der Waals surface area (Å²) < 4.78 is 33.5. The van der Waals surface area contributed by atoms with Crippen LogP contribution < -0.4 is 9.47 Å². The number of Topliss-reactive ketones (excluding diaryl/α,β-unsaturated/α-hetero) is 1. The number of hydrogen-bond acceptors (Lipinski definition) is 11. The first-order valence-electron chi connectivity index (χ1n) is 25.5. The van der Waals surface area contributed by atoms with Crippen LogP contribution in [-0.4, -0.2) is 68.8 Å². The van der Waals surface area contributed by atoms with E-state index in [9.17, 15) is 24.0 Å². The first-order chi connectivity index (χ1) is 32.9. The first-order valence-corrected chi connectivity index (χ1v) is 25.5. The third-order valence-electron chi connectivity index (χ3n) is 15.6. The second kappa shape index (κ2) is 26.0. The molecule has 2 aromatic rings. The van der Waals surface area contributed by atoms with Gasteiger partial charge in [-0.25, -0.2) is 9.59 Å². The molecule has 0 aliphatic heterocycles. The Bertz CT molecular complexity index is 2040. The molecule has 6 rings (SSSR count). The van der Waals surface area contributed by atoms with Crippen LogP contribution in [0.1, 0.15) is 141 Å². The van der Waals surface area contributed by atoms with Gasteiger partial charge < -0.3 is 28.4 Å². The summed E-state index contributed by atoms with van der Waals surface area (Å²) in [5.41, 5.74) is 3.52.